The lowest BCUT2D eigenvalue weighted by Gasteiger charge is -2.18. The van der Waals surface area contributed by atoms with Crippen LogP contribution >= 0.6 is 0 Å². The van der Waals surface area contributed by atoms with Crippen LogP contribution in [-0.2, 0) is 24.3 Å². The van der Waals surface area contributed by atoms with Gasteiger partial charge in [-0.2, -0.15) is 5.10 Å². The lowest BCUT2D eigenvalue weighted by molar-refractivity contribution is 0.187. The fourth-order valence-corrected chi connectivity index (χ4v) is 3.42. The van der Waals surface area contributed by atoms with Crippen LogP contribution in [0, 0.1) is 5.82 Å². The van der Waals surface area contributed by atoms with Crippen LogP contribution in [0.5, 0.6) is 5.75 Å². The summed E-state index contributed by atoms with van der Waals surface area (Å²) in [6.45, 7) is 4.33. The van der Waals surface area contributed by atoms with Crippen molar-refractivity contribution in [2.75, 3.05) is 13.2 Å². The van der Waals surface area contributed by atoms with Crippen LogP contribution in [0.4, 0.5) is 4.39 Å². The number of nitrogens with zero attached hydrogens (tertiary/aromatic N) is 2. The molecule has 2 aromatic carbocycles. The van der Waals surface area contributed by atoms with Crippen molar-refractivity contribution in [1.82, 2.24) is 20.5 Å². The molecule has 0 unspecified atom stereocenters. The van der Waals surface area contributed by atoms with E-state index in [4.69, 9.17) is 9.47 Å². The third kappa shape index (κ3) is 4.81. The fourth-order valence-electron chi connectivity index (χ4n) is 3.42. The molecule has 2 heterocycles. The molecule has 152 valence electrons. The molecular formula is C22H25FN4O2. The molecule has 1 aliphatic heterocycles. The van der Waals surface area contributed by atoms with Crippen LogP contribution in [0.3, 0.4) is 0 Å². The molecule has 7 heteroatoms. The largest absolute Gasteiger partial charge is 0.489 e. The Bertz CT molecular complexity index is 929. The maximum absolute atomic E-state index is 13.1. The topological polar surface area (TPSA) is 72.1 Å². The normalized spacial score (nSPS) is 18.8. The quantitative estimate of drug-likeness (QED) is 0.611. The summed E-state index contributed by atoms with van der Waals surface area (Å²) in [7, 11) is 0. The highest BCUT2D eigenvalue weighted by Crippen LogP contribution is 2.25. The van der Waals surface area contributed by atoms with E-state index in [-0.39, 0.29) is 17.8 Å². The fraction of sp³-hybridized carbons (Fsp3) is 0.364. The highest BCUT2D eigenvalue weighted by atomic mass is 19.1. The predicted molar refractivity (Wildman–Crippen MR) is 107 cm³/mol. The minimum Gasteiger partial charge on any atom is -0.489 e. The molecule has 0 amide bonds. The molecular weight excluding hydrogens is 371 g/mol. The molecule has 0 saturated carbocycles. The number of rotatable bonds is 8. The number of para-hydroxylation sites is 1. The van der Waals surface area contributed by atoms with Gasteiger partial charge in [0.15, 0.2) is 5.82 Å². The number of aromatic nitrogens is 3. The molecule has 0 spiro atoms. The van der Waals surface area contributed by atoms with Crippen molar-refractivity contribution in [3.63, 3.8) is 0 Å². The van der Waals surface area contributed by atoms with Crippen LogP contribution < -0.4 is 10.1 Å². The van der Waals surface area contributed by atoms with Crippen molar-refractivity contribution < 1.29 is 13.9 Å². The van der Waals surface area contributed by atoms with Gasteiger partial charge in [-0.3, -0.25) is 5.10 Å². The summed E-state index contributed by atoms with van der Waals surface area (Å²) < 4.78 is 24.7. The van der Waals surface area contributed by atoms with E-state index in [1.54, 1.807) is 12.1 Å². The van der Waals surface area contributed by atoms with E-state index < -0.39 is 0 Å². The van der Waals surface area contributed by atoms with Crippen molar-refractivity contribution >= 4 is 0 Å². The number of benzene rings is 2. The zero-order chi connectivity index (χ0) is 20.1. The summed E-state index contributed by atoms with van der Waals surface area (Å²) in [5.74, 6) is 2.39. The molecule has 1 saturated heterocycles. The maximum Gasteiger partial charge on any atom is 0.157 e. The van der Waals surface area contributed by atoms with E-state index in [9.17, 15) is 4.39 Å². The second-order valence-corrected chi connectivity index (χ2v) is 7.15. The Kier molecular flexibility index (Phi) is 6.17. The van der Waals surface area contributed by atoms with Crippen LogP contribution in [0.25, 0.3) is 0 Å². The van der Waals surface area contributed by atoms with Crippen molar-refractivity contribution in [2.24, 2.45) is 0 Å². The molecule has 29 heavy (non-hydrogen) atoms. The van der Waals surface area contributed by atoms with Gasteiger partial charge < -0.3 is 14.8 Å². The number of ether oxygens (including phenoxy) is 2. The van der Waals surface area contributed by atoms with Gasteiger partial charge in [-0.25, -0.2) is 9.37 Å². The zero-order valence-electron chi connectivity index (χ0n) is 16.4. The Morgan fingerprint density at radius 3 is 2.79 bits per heavy atom. The molecule has 1 fully saturated rings. The van der Waals surface area contributed by atoms with Crippen LogP contribution in [0.15, 0.2) is 48.5 Å². The van der Waals surface area contributed by atoms with Gasteiger partial charge >= 0.3 is 0 Å². The van der Waals surface area contributed by atoms with E-state index in [2.05, 4.69) is 20.5 Å². The van der Waals surface area contributed by atoms with Gasteiger partial charge in [0.2, 0.25) is 0 Å². The smallest absolute Gasteiger partial charge is 0.157 e. The van der Waals surface area contributed by atoms with Gasteiger partial charge in [-0.1, -0.05) is 37.3 Å². The summed E-state index contributed by atoms with van der Waals surface area (Å²) in [6.07, 6.45) is 0.831. The van der Waals surface area contributed by atoms with Crippen LogP contribution in [0.1, 0.15) is 35.6 Å². The Labute approximate surface area is 169 Å². The maximum atomic E-state index is 13.1. The third-order valence-corrected chi connectivity index (χ3v) is 5.13. The van der Waals surface area contributed by atoms with Gasteiger partial charge in [-0.05, 0) is 23.8 Å². The first-order valence-corrected chi connectivity index (χ1v) is 9.90. The Balaban J connectivity index is 1.38. The zero-order valence-corrected chi connectivity index (χ0v) is 16.4. The first-order valence-electron chi connectivity index (χ1n) is 9.90. The molecule has 0 radical (unpaired) electrons. The van der Waals surface area contributed by atoms with Gasteiger partial charge in [0.05, 0.1) is 19.1 Å². The first kappa shape index (κ1) is 19.5. The van der Waals surface area contributed by atoms with Crippen LogP contribution in [-0.4, -0.2) is 34.4 Å². The second-order valence-electron chi connectivity index (χ2n) is 7.15. The van der Waals surface area contributed by atoms with E-state index in [1.807, 2.05) is 31.2 Å². The average Bonchev–Trinajstić information content (AvgIpc) is 3.41. The van der Waals surface area contributed by atoms with E-state index in [0.717, 1.165) is 34.9 Å². The monoisotopic (exact) mass is 396 g/mol. The minimum atomic E-state index is -0.246. The van der Waals surface area contributed by atoms with Gasteiger partial charge in [-0.15, -0.1) is 0 Å². The lowest BCUT2D eigenvalue weighted by atomic mass is 10.0. The predicted octanol–water partition coefficient (Wildman–Crippen LogP) is 3.36. The number of hydrogen-bond acceptors (Lipinski definition) is 5. The number of aromatic amines is 1. The number of aryl methyl sites for hydroxylation is 1. The molecule has 0 bridgehead atoms. The lowest BCUT2D eigenvalue weighted by Crippen LogP contribution is -2.34. The Hall–Kier alpha value is -2.77. The summed E-state index contributed by atoms with van der Waals surface area (Å²) in [5.41, 5.74) is 1.99. The minimum absolute atomic E-state index is 0.124. The highest BCUT2D eigenvalue weighted by Gasteiger charge is 2.32. The van der Waals surface area contributed by atoms with Gasteiger partial charge in [0.25, 0.3) is 0 Å². The van der Waals surface area contributed by atoms with E-state index >= 15 is 0 Å². The second kappa shape index (κ2) is 9.15. The standard InChI is InChI=1S/C22H25FN4O2/c1-2-21-25-22(27-26-21)18-13-28-14-19(18)24-11-16-5-3-4-6-20(16)29-12-15-7-9-17(23)10-8-15/h3-10,18-19,24H,2,11-14H2,1H3,(H,25,26,27)/t18-,19+/m1/s1. The highest BCUT2D eigenvalue weighted by molar-refractivity contribution is 5.33. The van der Waals surface area contributed by atoms with Gasteiger partial charge in [0, 0.05) is 24.6 Å². The summed E-state index contributed by atoms with van der Waals surface area (Å²) in [6, 6.07) is 14.4. The Morgan fingerprint density at radius 1 is 1.17 bits per heavy atom. The Morgan fingerprint density at radius 2 is 2.00 bits per heavy atom. The molecule has 6 nitrogen and oxygen atoms in total. The average molecular weight is 396 g/mol. The number of nitrogens with one attached hydrogen (secondary N) is 2. The molecule has 4 rings (SSSR count). The number of H-pyrrole nitrogens is 1. The number of halogens is 1. The van der Waals surface area contributed by atoms with Crippen molar-refractivity contribution in [3.8, 4) is 5.75 Å². The summed E-state index contributed by atoms with van der Waals surface area (Å²) in [4.78, 5) is 4.56. The van der Waals surface area contributed by atoms with Crippen molar-refractivity contribution in [1.29, 1.82) is 0 Å². The molecule has 2 N–H and O–H groups in total. The van der Waals surface area contributed by atoms with E-state index in [1.165, 1.54) is 12.1 Å². The van der Waals surface area contributed by atoms with Crippen molar-refractivity contribution in [2.45, 2.75) is 38.5 Å². The number of hydrogen-bond donors (Lipinski definition) is 2. The van der Waals surface area contributed by atoms with Crippen LogP contribution in [0.2, 0.25) is 0 Å². The van der Waals surface area contributed by atoms with E-state index in [0.29, 0.717) is 26.4 Å². The molecule has 2 atom stereocenters. The molecule has 1 aromatic heterocycles. The SMILES string of the molecule is CCc1nc([C@@H]2COC[C@@H]2NCc2ccccc2OCc2ccc(F)cc2)n[nH]1. The third-order valence-electron chi connectivity index (χ3n) is 5.13. The van der Waals surface area contributed by atoms with Crippen molar-refractivity contribution in [3.05, 3.63) is 77.1 Å². The summed E-state index contributed by atoms with van der Waals surface area (Å²) in [5, 5.41) is 10.9. The summed E-state index contributed by atoms with van der Waals surface area (Å²) >= 11 is 0. The molecule has 0 aliphatic carbocycles. The first-order chi connectivity index (χ1) is 14.2. The molecule has 3 aromatic rings. The van der Waals surface area contributed by atoms with Gasteiger partial charge in [0.1, 0.15) is 24.0 Å². The molecule has 1 aliphatic rings.